The van der Waals surface area contributed by atoms with Crippen molar-refractivity contribution in [2.24, 2.45) is 0 Å². The monoisotopic (exact) mass is 732 g/mol. The minimum atomic E-state index is -2.49. The van der Waals surface area contributed by atoms with Crippen molar-refractivity contribution in [3.05, 3.63) is 47.8 Å². The maximum Gasteiger partial charge on any atom is 0.500 e. The second kappa shape index (κ2) is 28.1. The Morgan fingerprint density at radius 2 is 0.680 bits per heavy atom. The Hall–Kier alpha value is -1.51. The van der Waals surface area contributed by atoms with Crippen molar-refractivity contribution < 1.29 is 26.6 Å². The minimum Gasteiger partial charge on any atom is -0.374 e. The Balaban J connectivity index is 1.63. The summed E-state index contributed by atoms with van der Waals surface area (Å²) in [5, 5.41) is 0. The Morgan fingerprint density at radius 1 is 0.400 bits per heavy atom. The van der Waals surface area contributed by atoms with Crippen LogP contribution in [0.5, 0.6) is 0 Å². The van der Waals surface area contributed by atoms with Crippen molar-refractivity contribution in [2.45, 2.75) is 156 Å². The number of aromatic nitrogens is 2. The fourth-order valence-electron chi connectivity index (χ4n) is 6.65. The fraction of sp³-hybridized carbons (Fsp3) is 0.750. The molecule has 286 valence electrons. The lowest BCUT2D eigenvalue weighted by molar-refractivity contribution is 0.0698. The zero-order valence-electron chi connectivity index (χ0n) is 32.8. The van der Waals surface area contributed by atoms with Crippen LogP contribution in [0.3, 0.4) is 0 Å². The minimum absolute atomic E-state index is 0.653. The van der Waals surface area contributed by atoms with Gasteiger partial charge in [-0.3, -0.25) is 9.97 Å². The Kier molecular flexibility index (Phi) is 25.1. The third-order valence-corrected chi connectivity index (χ3v) is 15.3. The molecule has 0 unspecified atom stereocenters. The molecule has 0 radical (unpaired) electrons. The first-order valence-electron chi connectivity index (χ1n) is 20.2. The van der Waals surface area contributed by atoms with E-state index in [1.165, 1.54) is 88.2 Å². The van der Waals surface area contributed by atoms with Crippen LogP contribution >= 0.6 is 0 Å². The molecule has 0 amide bonds. The van der Waals surface area contributed by atoms with Gasteiger partial charge in [-0.1, -0.05) is 64.2 Å². The molecule has 0 atom stereocenters. The quantitative estimate of drug-likeness (QED) is 0.0530. The van der Waals surface area contributed by atoms with Crippen LogP contribution in [0.2, 0.25) is 12.1 Å². The third kappa shape index (κ3) is 18.3. The van der Waals surface area contributed by atoms with E-state index in [4.69, 9.17) is 26.6 Å². The van der Waals surface area contributed by atoms with Crippen molar-refractivity contribution in [3.63, 3.8) is 0 Å². The van der Waals surface area contributed by atoms with Crippen LogP contribution in [0.1, 0.15) is 143 Å². The lowest BCUT2D eigenvalue weighted by Gasteiger charge is -2.28. The zero-order valence-corrected chi connectivity index (χ0v) is 34.8. The topological polar surface area (TPSA) is 81.2 Å². The molecule has 2 aromatic rings. The van der Waals surface area contributed by atoms with Crippen molar-refractivity contribution in [3.8, 4) is 11.4 Å². The average Bonchev–Trinajstić information content (AvgIpc) is 3.11. The molecule has 0 saturated carbocycles. The van der Waals surface area contributed by atoms with Gasteiger partial charge in [-0.15, -0.1) is 0 Å². The molecule has 10 heteroatoms. The molecule has 0 fully saturated rings. The molecule has 0 aliphatic carbocycles. The van der Waals surface area contributed by atoms with Crippen LogP contribution in [0.25, 0.3) is 11.4 Å². The van der Waals surface area contributed by atoms with Crippen molar-refractivity contribution in [1.82, 2.24) is 9.97 Å². The summed E-state index contributed by atoms with van der Waals surface area (Å²) in [6.45, 7) is 16.1. The van der Waals surface area contributed by atoms with Gasteiger partial charge in [0.1, 0.15) is 0 Å². The lowest BCUT2D eigenvalue weighted by atomic mass is 10.0. The molecule has 0 aliphatic heterocycles. The smallest absolute Gasteiger partial charge is 0.374 e. The van der Waals surface area contributed by atoms with E-state index >= 15 is 0 Å². The summed E-state index contributed by atoms with van der Waals surface area (Å²) in [5.74, 6) is 0. The van der Waals surface area contributed by atoms with Gasteiger partial charge in [0.15, 0.2) is 0 Å². The first kappa shape index (κ1) is 44.7. The van der Waals surface area contributed by atoms with E-state index < -0.39 is 17.6 Å². The number of rotatable bonds is 33. The predicted molar refractivity (Wildman–Crippen MR) is 210 cm³/mol. The van der Waals surface area contributed by atoms with E-state index in [0.717, 1.165) is 49.2 Å². The van der Waals surface area contributed by atoms with Crippen LogP contribution in [-0.4, -0.2) is 67.2 Å². The highest BCUT2D eigenvalue weighted by molar-refractivity contribution is 6.61. The zero-order chi connectivity index (χ0) is 36.2. The summed E-state index contributed by atoms with van der Waals surface area (Å²) < 4.78 is 35.9. The first-order valence-corrected chi connectivity index (χ1v) is 24.1. The molecule has 0 spiro atoms. The molecule has 0 bridgehead atoms. The van der Waals surface area contributed by atoms with Gasteiger partial charge < -0.3 is 26.6 Å². The molecular formula is C40H72N2O6Si2. The van der Waals surface area contributed by atoms with Crippen molar-refractivity contribution in [2.75, 3.05) is 39.6 Å². The van der Waals surface area contributed by atoms with Gasteiger partial charge in [-0.2, -0.15) is 0 Å². The Bertz CT molecular complexity index is 991. The lowest BCUT2D eigenvalue weighted by Crippen LogP contribution is -2.45. The molecule has 2 heterocycles. The van der Waals surface area contributed by atoms with Gasteiger partial charge in [-0.25, -0.2) is 0 Å². The normalized spacial score (nSPS) is 12.2. The average molecular weight is 733 g/mol. The second-order valence-electron chi connectivity index (χ2n) is 13.0. The number of aryl methyl sites for hydroxylation is 2. The number of pyridine rings is 2. The molecule has 2 rings (SSSR count). The molecule has 0 saturated heterocycles. The second-order valence-corrected chi connectivity index (χ2v) is 18.5. The summed E-state index contributed by atoms with van der Waals surface area (Å²) in [6, 6.07) is 10.6. The molecule has 0 aliphatic rings. The summed E-state index contributed by atoms with van der Waals surface area (Å²) in [7, 11) is -4.98. The van der Waals surface area contributed by atoms with E-state index in [-0.39, 0.29) is 0 Å². The maximum atomic E-state index is 5.99. The Morgan fingerprint density at radius 3 is 0.980 bits per heavy atom. The van der Waals surface area contributed by atoms with E-state index in [1.807, 2.05) is 53.9 Å². The summed E-state index contributed by atoms with van der Waals surface area (Å²) >= 11 is 0. The highest BCUT2D eigenvalue weighted by atomic mass is 28.4. The number of hydrogen-bond donors (Lipinski definition) is 0. The van der Waals surface area contributed by atoms with Gasteiger partial charge >= 0.3 is 17.6 Å². The largest absolute Gasteiger partial charge is 0.500 e. The number of hydrogen-bond acceptors (Lipinski definition) is 8. The summed E-state index contributed by atoms with van der Waals surface area (Å²) in [5.41, 5.74) is 4.68. The van der Waals surface area contributed by atoms with E-state index in [9.17, 15) is 0 Å². The molecule has 0 aromatic carbocycles. The molecular weight excluding hydrogens is 661 g/mol. The Labute approximate surface area is 308 Å². The van der Waals surface area contributed by atoms with Crippen LogP contribution in [0.15, 0.2) is 36.7 Å². The molecule has 50 heavy (non-hydrogen) atoms. The van der Waals surface area contributed by atoms with Gasteiger partial charge in [0, 0.05) is 64.1 Å². The van der Waals surface area contributed by atoms with Gasteiger partial charge in [0.25, 0.3) is 0 Å². The van der Waals surface area contributed by atoms with E-state index in [0.29, 0.717) is 39.6 Å². The van der Waals surface area contributed by atoms with Crippen molar-refractivity contribution in [1.29, 1.82) is 0 Å². The van der Waals surface area contributed by atoms with Crippen LogP contribution in [0, 0.1) is 0 Å². The maximum absolute atomic E-state index is 5.99. The SMILES string of the molecule is CCO[Si](CCCCCCCCCc1ccnc(-c2cc(CCCCCCCCC[Si](OCC)(OCC)OCC)ccn2)c1)(OCC)OCC. The third-order valence-electron chi connectivity index (χ3n) is 8.99. The summed E-state index contributed by atoms with van der Waals surface area (Å²) in [4.78, 5) is 9.34. The van der Waals surface area contributed by atoms with Gasteiger partial charge in [0.05, 0.1) is 11.4 Å². The van der Waals surface area contributed by atoms with Gasteiger partial charge in [-0.05, 0) is 115 Å². The van der Waals surface area contributed by atoms with Crippen LogP contribution < -0.4 is 0 Å². The van der Waals surface area contributed by atoms with E-state index in [1.54, 1.807) is 0 Å². The van der Waals surface area contributed by atoms with Crippen LogP contribution in [-0.2, 0) is 39.4 Å². The highest BCUT2D eigenvalue weighted by Crippen LogP contribution is 2.23. The van der Waals surface area contributed by atoms with Gasteiger partial charge in [0.2, 0.25) is 0 Å². The van der Waals surface area contributed by atoms with Crippen LogP contribution in [0.4, 0.5) is 0 Å². The molecule has 8 nitrogen and oxygen atoms in total. The first-order chi connectivity index (χ1) is 24.5. The molecule has 0 N–H and O–H groups in total. The highest BCUT2D eigenvalue weighted by Gasteiger charge is 2.40. The number of nitrogens with zero attached hydrogens (tertiary/aromatic N) is 2. The van der Waals surface area contributed by atoms with E-state index in [2.05, 4.69) is 34.2 Å². The summed E-state index contributed by atoms with van der Waals surface area (Å²) in [6.07, 6.45) is 23.3. The fourth-order valence-corrected chi connectivity index (χ4v) is 12.0. The predicted octanol–water partition coefficient (Wildman–Crippen LogP) is 10.8. The van der Waals surface area contributed by atoms with Crippen molar-refractivity contribution >= 4 is 17.6 Å². The standard InChI is InChI=1S/C40H72N2O6Si2/c1-7-43-49(44-8-2,45-9-3)33-25-21-17-13-15-19-23-27-37-29-31-41-39(35-37)40-36-38(30-32-42-40)28-24-20-16-14-18-22-26-34-50(46-10-4,47-11-5)48-12-6/h29-32,35-36H,7-28,33-34H2,1-6H3. The number of unbranched alkanes of at least 4 members (excludes halogenated alkanes) is 12. The molecule has 2 aromatic heterocycles.